The molecule has 0 radical (unpaired) electrons. The predicted octanol–water partition coefficient (Wildman–Crippen LogP) is 2.24. The van der Waals surface area contributed by atoms with Crippen molar-refractivity contribution >= 4 is 0 Å². The van der Waals surface area contributed by atoms with E-state index in [-0.39, 0.29) is 0 Å². The minimum absolute atomic E-state index is 0.374. The third-order valence-electron chi connectivity index (χ3n) is 5.50. The average molecular weight is 305 g/mol. The molecule has 0 spiro atoms. The van der Waals surface area contributed by atoms with Gasteiger partial charge in [0.2, 0.25) is 0 Å². The largest absolute Gasteiger partial charge is 0.381 e. The summed E-state index contributed by atoms with van der Waals surface area (Å²) >= 11 is 0. The van der Waals surface area contributed by atoms with E-state index < -0.39 is 0 Å². The van der Waals surface area contributed by atoms with Crippen molar-refractivity contribution < 1.29 is 9.47 Å². The summed E-state index contributed by atoms with van der Waals surface area (Å²) < 4.78 is 13.7. The molecule has 2 aliphatic heterocycles. The van der Waals surface area contributed by atoms with Crippen LogP contribution in [0.25, 0.3) is 0 Å². The lowest BCUT2D eigenvalue weighted by molar-refractivity contribution is -0.00428. The first-order chi connectivity index (χ1) is 10.9. The van der Waals surface area contributed by atoms with Gasteiger partial charge in [-0.15, -0.1) is 0 Å². The van der Waals surface area contributed by atoms with E-state index in [1.807, 2.05) is 6.20 Å². The highest BCUT2D eigenvalue weighted by Gasteiger charge is 2.32. The van der Waals surface area contributed by atoms with Gasteiger partial charge >= 0.3 is 0 Å². The Morgan fingerprint density at radius 1 is 1.18 bits per heavy atom. The molecular formula is C17H27N3O2. The van der Waals surface area contributed by atoms with E-state index in [1.54, 1.807) is 0 Å². The number of aromatic nitrogens is 2. The normalized spacial score (nSPS) is 27.5. The van der Waals surface area contributed by atoms with Crippen molar-refractivity contribution in [2.24, 2.45) is 5.92 Å². The Hall–Kier alpha value is -0.910. The van der Waals surface area contributed by atoms with Gasteiger partial charge in [-0.3, -0.25) is 9.58 Å². The third-order valence-corrected chi connectivity index (χ3v) is 5.50. The Kier molecular flexibility index (Phi) is 4.46. The molecule has 5 heteroatoms. The zero-order valence-corrected chi connectivity index (χ0v) is 13.3. The molecule has 1 aromatic rings. The molecule has 3 heterocycles. The van der Waals surface area contributed by atoms with Gasteiger partial charge in [-0.2, -0.15) is 5.10 Å². The monoisotopic (exact) mass is 305 g/mol. The molecule has 22 heavy (non-hydrogen) atoms. The topological polar surface area (TPSA) is 39.5 Å². The molecule has 3 aliphatic rings. The lowest BCUT2D eigenvalue weighted by Crippen LogP contribution is -2.47. The summed E-state index contributed by atoms with van der Waals surface area (Å²) in [5.74, 6) is 0.678. The number of rotatable bonds is 5. The molecule has 5 nitrogen and oxygen atoms in total. The Labute approximate surface area is 132 Å². The number of hydrogen-bond donors (Lipinski definition) is 0. The van der Waals surface area contributed by atoms with Crippen LogP contribution in [0.5, 0.6) is 0 Å². The molecule has 1 unspecified atom stereocenters. The summed E-state index contributed by atoms with van der Waals surface area (Å²) in [5, 5.41) is 4.53. The molecule has 0 bridgehead atoms. The van der Waals surface area contributed by atoms with Crippen LogP contribution in [0.1, 0.15) is 43.8 Å². The smallest absolute Gasteiger partial charge is 0.0883 e. The Bertz CT molecular complexity index is 480. The lowest BCUT2D eigenvalue weighted by Gasteiger charge is -2.42. The summed E-state index contributed by atoms with van der Waals surface area (Å²) in [5.41, 5.74) is 1.35. The summed E-state index contributed by atoms with van der Waals surface area (Å²) in [6.07, 6.45) is 8.35. The second kappa shape index (κ2) is 6.69. The van der Waals surface area contributed by atoms with Crippen molar-refractivity contribution in [3.63, 3.8) is 0 Å². The van der Waals surface area contributed by atoms with Crippen LogP contribution in [-0.2, 0) is 16.0 Å². The van der Waals surface area contributed by atoms with E-state index >= 15 is 0 Å². The Morgan fingerprint density at radius 2 is 2.05 bits per heavy atom. The van der Waals surface area contributed by atoms with Crippen LogP contribution in [0, 0.1) is 5.92 Å². The molecule has 0 N–H and O–H groups in total. The van der Waals surface area contributed by atoms with Crippen LogP contribution in [-0.4, -0.2) is 53.7 Å². The molecule has 4 rings (SSSR count). The zero-order chi connectivity index (χ0) is 14.8. The van der Waals surface area contributed by atoms with Crippen molar-refractivity contribution in [1.82, 2.24) is 14.7 Å². The summed E-state index contributed by atoms with van der Waals surface area (Å²) in [7, 11) is 0. The number of hydrogen-bond acceptors (Lipinski definition) is 4. The molecule has 1 saturated heterocycles. The molecule has 122 valence electrons. The summed E-state index contributed by atoms with van der Waals surface area (Å²) in [4.78, 5) is 2.64. The molecular weight excluding hydrogens is 278 g/mol. The molecule has 1 atom stereocenters. The standard InChI is InChI=1S/C17H27N3O2/c1-2-15(3-1)19-10-16-4-7-18-20(16)17(11-19)13-22-12-14-5-8-21-9-6-14/h4,7,14-15,17H,1-3,5-6,8-13H2. The van der Waals surface area contributed by atoms with Crippen molar-refractivity contribution in [2.75, 3.05) is 33.0 Å². The maximum absolute atomic E-state index is 6.08. The lowest BCUT2D eigenvalue weighted by atomic mass is 9.90. The van der Waals surface area contributed by atoms with Crippen molar-refractivity contribution in [3.05, 3.63) is 18.0 Å². The van der Waals surface area contributed by atoms with Gasteiger partial charge in [-0.05, 0) is 37.7 Å². The van der Waals surface area contributed by atoms with Crippen LogP contribution in [0.2, 0.25) is 0 Å². The minimum Gasteiger partial charge on any atom is -0.381 e. The van der Waals surface area contributed by atoms with Gasteiger partial charge < -0.3 is 9.47 Å². The highest BCUT2D eigenvalue weighted by Crippen LogP contribution is 2.31. The maximum Gasteiger partial charge on any atom is 0.0883 e. The van der Waals surface area contributed by atoms with Crippen LogP contribution in [0.15, 0.2) is 12.3 Å². The summed E-state index contributed by atoms with van der Waals surface area (Å²) in [6, 6.07) is 3.33. The fourth-order valence-electron chi connectivity index (χ4n) is 3.85. The highest BCUT2D eigenvalue weighted by molar-refractivity contribution is 5.06. The van der Waals surface area contributed by atoms with Gasteiger partial charge in [-0.1, -0.05) is 6.42 Å². The van der Waals surface area contributed by atoms with Gasteiger partial charge in [0.05, 0.1) is 18.3 Å². The van der Waals surface area contributed by atoms with Gasteiger partial charge in [0, 0.05) is 45.1 Å². The first-order valence-corrected chi connectivity index (χ1v) is 8.82. The highest BCUT2D eigenvalue weighted by atomic mass is 16.5. The summed E-state index contributed by atoms with van der Waals surface area (Å²) in [6.45, 7) is 5.61. The van der Waals surface area contributed by atoms with Crippen molar-refractivity contribution in [2.45, 2.75) is 50.7 Å². The molecule has 0 aromatic carbocycles. The minimum atomic E-state index is 0.374. The van der Waals surface area contributed by atoms with Crippen LogP contribution >= 0.6 is 0 Å². The second-order valence-electron chi connectivity index (χ2n) is 7.03. The van der Waals surface area contributed by atoms with Crippen LogP contribution < -0.4 is 0 Å². The average Bonchev–Trinajstić information content (AvgIpc) is 2.95. The Morgan fingerprint density at radius 3 is 2.82 bits per heavy atom. The molecule has 1 aromatic heterocycles. The van der Waals surface area contributed by atoms with E-state index in [9.17, 15) is 0 Å². The number of fused-ring (bicyclic) bond motifs is 1. The maximum atomic E-state index is 6.08. The molecule has 2 fully saturated rings. The fourth-order valence-corrected chi connectivity index (χ4v) is 3.85. The van der Waals surface area contributed by atoms with E-state index in [1.165, 1.54) is 25.0 Å². The van der Waals surface area contributed by atoms with Crippen molar-refractivity contribution in [1.29, 1.82) is 0 Å². The number of ether oxygens (including phenoxy) is 2. The zero-order valence-electron chi connectivity index (χ0n) is 13.3. The molecule has 1 aliphatic carbocycles. The number of nitrogens with zero attached hydrogens (tertiary/aromatic N) is 3. The van der Waals surface area contributed by atoms with Crippen molar-refractivity contribution in [3.8, 4) is 0 Å². The van der Waals surface area contributed by atoms with E-state index in [2.05, 4.69) is 20.7 Å². The first kappa shape index (κ1) is 14.7. The second-order valence-corrected chi connectivity index (χ2v) is 7.03. The van der Waals surface area contributed by atoms with E-state index in [0.29, 0.717) is 12.0 Å². The van der Waals surface area contributed by atoms with Gasteiger partial charge in [0.1, 0.15) is 0 Å². The van der Waals surface area contributed by atoms with Gasteiger partial charge in [0.15, 0.2) is 0 Å². The SMILES string of the molecule is c1cc2n(n1)C(COCC1CCOCC1)CN(C1CCC1)C2. The van der Waals surface area contributed by atoms with Crippen LogP contribution in [0.3, 0.4) is 0 Å². The predicted molar refractivity (Wildman–Crippen MR) is 83.7 cm³/mol. The van der Waals surface area contributed by atoms with E-state index in [4.69, 9.17) is 9.47 Å². The van der Waals surface area contributed by atoms with E-state index in [0.717, 1.165) is 58.4 Å². The first-order valence-electron chi connectivity index (χ1n) is 8.82. The van der Waals surface area contributed by atoms with Crippen LogP contribution in [0.4, 0.5) is 0 Å². The Balaban J connectivity index is 1.33. The van der Waals surface area contributed by atoms with Gasteiger partial charge in [-0.25, -0.2) is 0 Å². The van der Waals surface area contributed by atoms with Gasteiger partial charge in [0.25, 0.3) is 0 Å². The molecule has 1 saturated carbocycles. The third kappa shape index (κ3) is 3.07. The fraction of sp³-hybridized carbons (Fsp3) is 0.824. The quantitative estimate of drug-likeness (QED) is 0.836. The molecule has 0 amide bonds.